The molecule has 0 aliphatic heterocycles. The summed E-state index contributed by atoms with van der Waals surface area (Å²) in [6.07, 6.45) is 0. The van der Waals surface area contributed by atoms with Gasteiger partial charge in [0.25, 0.3) is 0 Å². The third-order valence-corrected chi connectivity index (χ3v) is 2.37. The molecule has 0 aliphatic carbocycles. The highest BCUT2D eigenvalue weighted by Gasteiger charge is 1.94. The largest absolute Gasteiger partial charge is 0.252 e. The molecule has 0 saturated heterocycles. The minimum absolute atomic E-state index is 0.424. The van der Waals surface area contributed by atoms with Gasteiger partial charge in [-0.05, 0) is 17.7 Å². The van der Waals surface area contributed by atoms with Crippen molar-refractivity contribution in [3.8, 4) is 0 Å². The lowest BCUT2D eigenvalue weighted by Gasteiger charge is -1.96. The van der Waals surface area contributed by atoms with E-state index in [0.29, 0.717) is 5.75 Å². The molecule has 0 amide bonds. The molecule has 0 aromatic heterocycles. The lowest BCUT2D eigenvalue weighted by Crippen LogP contribution is -2.04. The third-order valence-electron chi connectivity index (χ3n) is 1.22. The van der Waals surface area contributed by atoms with Gasteiger partial charge in [0.1, 0.15) is 0 Å². The van der Waals surface area contributed by atoms with Crippen molar-refractivity contribution in [3.63, 3.8) is 0 Å². The van der Waals surface area contributed by atoms with Gasteiger partial charge >= 0.3 is 0 Å². The Morgan fingerprint density at radius 1 is 1.36 bits per heavy atom. The average Bonchev–Trinajstić information content (AvgIpc) is 1.93. The van der Waals surface area contributed by atoms with Gasteiger partial charge in [0.05, 0.1) is 16.7 Å². The van der Waals surface area contributed by atoms with Crippen LogP contribution in [0.15, 0.2) is 28.7 Å². The Balaban J connectivity index is 2.74. The summed E-state index contributed by atoms with van der Waals surface area (Å²) >= 11 is 3.30. The molecule has 1 aromatic rings. The fourth-order valence-electron chi connectivity index (χ4n) is 0.745. The van der Waals surface area contributed by atoms with Crippen LogP contribution < -0.4 is 5.14 Å². The van der Waals surface area contributed by atoms with Crippen molar-refractivity contribution in [1.82, 2.24) is 0 Å². The van der Waals surface area contributed by atoms with Crippen LogP contribution in [-0.4, -0.2) is 4.21 Å². The van der Waals surface area contributed by atoms with Gasteiger partial charge in [-0.25, -0.2) is 4.21 Å². The maximum absolute atomic E-state index is 10.6. The fourth-order valence-corrected chi connectivity index (χ4v) is 1.53. The number of nitrogens with two attached hydrogens (primary N) is 1. The first-order chi connectivity index (χ1) is 5.18. The molecular formula is C7H8BrNOS. The summed E-state index contributed by atoms with van der Waals surface area (Å²) in [6, 6.07) is 7.61. The van der Waals surface area contributed by atoms with Gasteiger partial charge in [0, 0.05) is 4.47 Å². The molecule has 1 rings (SSSR count). The normalized spacial score (nSPS) is 12.9. The van der Waals surface area contributed by atoms with Crippen molar-refractivity contribution >= 4 is 26.9 Å². The molecule has 0 aliphatic rings. The summed E-state index contributed by atoms with van der Waals surface area (Å²) in [5.74, 6) is 0.424. The van der Waals surface area contributed by atoms with Gasteiger partial charge in [-0.15, -0.1) is 0 Å². The zero-order valence-corrected chi connectivity index (χ0v) is 8.19. The van der Waals surface area contributed by atoms with Crippen LogP contribution in [0.25, 0.3) is 0 Å². The van der Waals surface area contributed by atoms with Gasteiger partial charge in [0.2, 0.25) is 0 Å². The smallest absolute Gasteiger partial charge is 0.0933 e. The molecule has 4 heteroatoms. The molecule has 2 N–H and O–H groups in total. The highest BCUT2D eigenvalue weighted by atomic mass is 79.9. The number of benzene rings is 1. The Hall–Kier alpha value is -0.190. The van der Waals surface area contributed by atoms with Gasteiger partial charge in [-0.2, -0.15) is 0 Å². The monoisotopic (exact) mass is 233 g/mol. The van der Waals surface area contributed by atoms with Gasteiger partial charge in [-0.3, -0.25) is 5.14 Å². The van der Waals surface area contributed by atoms with E-state index in [1.807, 2.05) is 24.3 Å². The van der Waals surface area contributed by atoms with E-state index in [4.69, 9.17) is 5.14 Å². The standard InChI is InChI=1S/C7H8BrNOS/c8-7-3-1-6(2-4-7)5-11(9)10/h1-4H,5,9H2/t11-/m1/s1. The summed E-state index contributed by atoms with van der Waals surface area (Å²) in [5, 5.41) is 5.12. The second-order valence-electron chi connectivity index (χ2n) is 2.15. The second kappa shape index (κ2) is 3.99. The first kappa shape index (κ1) is 8.90. The van der Waals surface area contributed by atoms with Crippen LogP contribution >= 0.6 is 15.9 Å². The molecule has 2 nitrogen and oxygen atoms in total. The van der Waals surface area contributed by atoms with Crippen molar-refractivity contribution in [2.45, 2.75) is 5.75 Å². The molecule has 60 valence electrons. The average molecular weight is 234 g/mol. The van der Waals surface area contributed by atoms with E-state index in [1.165, 1.54) is 0 Å². The Kier molecular flexibility index (Phi) is 3.23. The molecule has 0 fully saturated rings. The van der Waals surface area contributed by atoms with Crippen LogP contribution in [0.3, 0.4) is 0 Å². The maximum atomic E-state index is 10.6. The SMILES string of the molecule is N[S@](=O)Cc1ccc(Br)cc1. The molecule has 11 heavy (non-hydrogen) atoms. The molecule has 1 atom stereocenters. The summed E-state index contributed by atoms with van der Waals surface area (Å²) < 4.78 is 11.6. The van der Waals surface area contributed by atoms with Crippen LogP contribution in [-0.2, 0) is 16.7 Å². The zero-order valence-electron chi connectivity index (χ0n) is 5.79. The Bertz CT molecular complexity index is 260. The van der Waals surface area contributed by atoms with E-state index in [1.54, 1.807) is 0 Å². The van der Waals surface area contributed by atoms with E-state index < -0.39 is 11.0 Å². The van der Waals surface area contributed by atoms with E-state index in [2.05, 4.69) is 15.9 Å². The highest BCUT2D eigenvalue weighted by molar-refractivity contribution is 9.10. The van der Waals surface area contributed by atoms with Gasteiger partial charge in [0.15, 0.2) is 0 Å². The number of rotatable bonds is 2. The minimum Gasteiger partial charge on any atom is -0.252 e. The predicted molar refractivity (Wildman–Crippen MR) is 50.2 cm³/mol. The minimum atomic E-state index is -1.24. The number of hydrogen-bond acceptors (Lipinski definition) is 1. The highest BCUT2D eigenvalue weighted by Crippen LogP contribution is 2.10. The summed E-state index contributed by atoms with van der Waals surface area (Å²) in [4.78, 5) is 0. The fraction of sp³-hybridized carbons (Fsp3) is 0.143. The van der Waals surface area contributed by atoms with Crippen molar-refractivity contribution in [2.75, 3.05) is 0 Å². The quantitative estimate of drug-likeness (QED) is 0.829. The van der Waals surface area contributed by atoms with Gasteiger partial charge in [-0.1, -0.05) is 28.1 Å². The first-order valence-corrected chi connectivity index (χ1v) is 5.23. The molecule has 0 heterocycles. The van der Waals surface area contributed by atoms with E-state index in [-0.39, 0.29) is 0 Å². The Morgan fingerprint density at radius 3 is 2.36 bits per heavy atom. The first-order valence-electron chi connectivity index (χ1n) is 3.05. The lowest BCUT2D eigenvalue weighted by atomic mass is 10.2. The van der Waals surface area contributed by atoms with Crippen LogP contribution in [0, 0.1) is 0 Å². The molecule has 0 bridgehead atoms. The third kappa shape index (κ3) is 3.14. The van der Waals surface area contributed by atoms with Crippen molar-refractivity contribution < 1.29 is 4.21 Å². The van der Waals surface area contributed by atoms with Crippen LogP contribution in [0.2, 0.25) is 0 Å². The zero-order chi connectivity index (χ0) is 8.27. The summed E-state index contributed by atoms with van der Waals surface area (Å²) in [5.41, 5.74) is 0.994. The van der Waals surface area contributed by atoms with Gasteiger partial charge < -0.3 is 0 Å². The Morgan fingerprint density at radius 2 is 1.91 bits per heavy atom. The van der Waals surface area contributed by atoms with Crippen molar-refractivity contribution in [2.24, 2.45) is 5.14 Å². The summed E-state index contributed by atoms with van der Waals surface area (Å²) in [7, 11) is -1.24. The molecular weight excluding hydrogens is 226 g/mol. The van der Waals surface area contributed by atoms with Crippen LogP contribution in [0.1, 0.15) is 5.56 Å². The number of hydrogen-bond donors (Lipinski definition) is 1. The van der Waals surface area contributed by atoms with Crippen molar-refractivity contribution in [1.29, 1.82) is 0 Å². The summed E-state index contributed by atoms with van der Waals surface area (Å²) in [6.45, 7) is 0. The van der Waals surface area contributed by atoms with Crippen LogP contribution in [0.5, 0.6) is 0 Å². The maximum Gasteiger partial charge on any atom is 0.0933 e. The van der Waals surface area contributed by atoms with E-state index >= 15 is 0 Å². The Labute approximate surface area is 76.5 Å². The topological polar surface area (TPSA) is 43.1 Å². The predicted octanol–water partition coefficient (Wildman–Crippen LogP) is 1.57. The molecule has 0 unspecified atom stereocenters. The van der Waals surface area contributed by atoms with Crippen LogP contribution in [0.4, 0.5) is 0 Å². The van der Waals surface area contributed by atoms with E-state index in [0.717, 1.165) is 10.0 Å². The number of halogens is 1. The lowest BCUT2D eigenvalue weighted by molar-refractivity contribution is 0.684. The van der Waals surface area contributed by atoms with Crippen molar-refractivity contribution in [3.05, 3.63) is 34.3 Å². The molecule has 0 spiro atoms. The molecule has 0 radical (unpaired) electrons. The molecule has 1 aromatic carbocycles. The van der Waals surface area contributed by atoms with E-state index in [9.17, 15) is 4.21 Å². The second-order valence-corrected chi connectivity index (χ2v) is 4.12. The molecule has 0 saturated carbocycles.